The van der Waals surface area contributed by atoms with E-state index in [2.05, 4.69) is 20.9 Å². The van der Waals surface area contributed by atoms with Crippen molar-refractivity contribution < 1.29 is 9.21 Å². The molecule has 0 fully saturated rings. The first-order valence-corrected chi connectivity index (χ1v) is 6.77. The van der Waals surface area contributed by atoms with Crippen molar-refractivity contribution >= 4 is 32.8 Å². The van der Waals surface area contributed by atoms with E-state index in [0.29, 0.717) is 22.2 Å². The van der Waals surface area contributed by atoms with Crippen LogP contribution >= 0.6 is 15.9 Å². The molecule has 0 spiro atoms. The maximum atomic E-state index is 12.4. The van der Waals surface area contributed by atoms with Crippen LogP contribution in [0, 0.1) is 6.92 Å². The lowest BCUT2D eigenvalue weighted by atomic mass is 10.0. The van der Waals surface area contributed by atoms with E-state index < -0.39 is 5.76 Å². The average Bonchev–Trinajstić information content (AvgIpc) is 2.80. The van der Waals surface area contributed by atoms with Crippen molar-refractivity contribution in [1.29, 1.82) is 0 Å². The first kappa shape index (κ1) is 12.9. The summed E-state index contributed by atoms with van der Waals surface area (Å²) in [4.78, 5) is 26.1. The quantitative estimate of drug-likeness (QED) is 0.732. The van der Waals surface area contributed by atoms with Crippen LogP contribution in [0.5, 0.6) is 0 Å². The summed E-state index contributed by atoms with van der Waals surface area (Å²) >= 11 is 3.41. The predicted molar refractivity (Wildman–Crippen MR) is 79.1 cm³/mol. The summed E-state index contributed by atoms with van der Waals surface area (Å²) in [5.41, 5.74) is 3.09. The molecule has 1 N–H and O–H groups in total. The molecule has 2 aromatic carbocycles. The number of aromatic nitrogens is 1. The molecule has 0 aliphatic heterocycles. The Bertz CT molecular complexity index is 876. The van der Waals surface area contributed by atoms with Gasteiger partial charge in [-0.05, 0) is 36.8 Å². The van der Waals surface area contributed by atoms with Gasteiger partial charge < -0.3 is 4.42 Å². The summed E-state index contributed by atoms with van der Waals surface area (Å²) in [6.07, 6.45) is 0. The first-order chi connectivity index (χ1) is 9.54. The predicted octanol–water partition coefficient (Wildman–Crippen LogP) is 3.42. The highest BCUT2D eigenvalue weighted by atomic mass is 79.9. The fourth-order valence-electron chi connectivity index (χ4n) is 1.99. The van der Waals surface area contributed by atoms with E-state index in [-0.39, 0.29) is 5.78 Å². The van der Waals surface area contributed by atoms with Crippen LogP contribution in [-0.2, 0) is 0 Å². The molecule has 0 aliphatic carbocycles. The lowest BCUT2D eigenvalue weighted by Gasteiger charge is -2.03. The van der Waals surface area contributed by atoms with Crippen LogP contribution in [0.15, 0.2) is 50.1 Å². The van der Waals surface area contributed by atoms with Gasteiger partial charge in [0, 0.05) is 15.6 Å². The highest BCUT2D eigenvalue weighted by molar-refractivity contribution is 9.10. The molecule has 3 aromatic rings. The molecule has 0 bridgehead atoms. The number of benzene rings is 2. The van der Waals surface area contributed by atoms with Crippen molar-refractivity contribution in [3.8, 4) is 0 Å². The van der Waals surface area contributed by atoms with E-state index >= 15 is 0 Å². The number of H-pyrrole nitrogens is 1. The second-order valence-electron chi connectivity index (χ2n) is 4.52. The maximum Gasteiger partial charge on any atom is 0.417 e. The first-order valence-electron chi connectivity index (χ1n) is 5.98. The largest absolute Gasteiger partial charge is 0.417 e. The molecule has 4 nitrogen and oxygen atoms in total. The number of halogens is 1. The smallest absolute Gasteiger partial charge is 0.408 e. The summed E-state index contributed by atoms with van der Waals surface area (Å²) < 4.78 is 5.85. The Morgan fingerprint density at radius 1 is 1.15 bits per heavy atom. The van der Waals surface area contributed by atoms with Gasteiger partial charge in [0.25, 0.3) is 0 Å². The third-order valence-corrected chi connectivity index (χ3v) is 3.97. The zero-order valence-corrected chi connectivity index (χ0v) is 12.2. The SMILES string of the molecule is Cc1ccc(C(=O)c2ccc3[nH]c(=O)oc3c2)cc1Br. The average molecular weight is 332 g/mol. The number of nitrogens with one attached hydrogen (secondary N) is 1. The van der Waals surface area contributed by atoms with Gasteiger partial charge >= 0.3 is 5.76 Å². The number of ketones is 1. The molecule has 0 saturated heterocycles. The van der Waals surface area contributed by atoms with Crippen LogP contribution in [0.3, 0.4) is 0 Å². The number of carbonyl (C=O) groups is 1. The minimum Gasteiger partial charge on any atom is -0.408 e. The lowest BCUT2D eigenvalue weighted by molar-refractivity contribution is 0.103. The summed E-state index contributed by atoms with van der Waals surface area (Å²) in [5.74, 6) is -0.640. The van der Waals surface area contributed by atoms with Crippen molar-refractivity contribution in [1.82, 2.24) is 4.98 Å². The highest BCUT2D eigenvalue weighted by Crippen LogP contribution is 2.21. The van der Waals surface area contributed by atoms with Gasteiger partial charge in [-0.1, -0.05) is 28.1 Å². The third-order valence-electron chi connectivity index (χ3n) is 3.12. The zero-order valence-electron chi connectivity index (χ0n) is 10.6. The molecule has 0 amide bonds. The van der Waals surface area contributed by atoms with Crippen molar-refractivity contribution in [2.45, 2.75) is 6.92 Å². The fraction of sp³-hybridized carbons (Fsp3) is 0.0667. The Labute approximate surface area is 122 Å². The van der Waals surface area contributed by atoms with Crippen LogP contribution in [0.25, 0.3) is 11.1 Å². The van der Waals surface area contributed by atoms with E-state index in [0.717, 1.165) is 10.0 Å². The minimum atomic E-state index is -0.525. The fourth-order valence-corrected chi connectivity index (χ4v) is 2.37. The molecule has 0 unspecified atom stereocenters. The minimum absolute atomic E-state index is 0.114. The van der Waals surface area contributed by atoms with Crippen molar-refractivity contribution in [3.05, 3.63) is 68.1 Å². The molecular weight excluding hydrogens is 322 g/mol. The standard InChI is InChI=1S/C15H10BrNO3/c1-8-2-3-9(6-11(8)16)14(18)10-4-5-12-13(7-10)20-15(19)17-12/h2-7H,1H3,(H,17,19). The second-order valence-corrected chi connectivity index (χ2v) is 5.37. The van der Waals surface area contributed by atoms with Crippen LogP contribution in [0.1, 0.15) is 21.5 Å². The monoisotopic (exact) mass is 331 g/mol. The van der Waals surface area contributed by atoms with Gasteiger partial charge in [-0.3, -0.25) is 9.78 Å². The Morgan fingerprint density at radius 2 is 1.85 bits per heavy atom. The molecule has 20 heavy (non-hydrogen) atoms. The summed E-state index contributed by atoms with van der Waals surface area (Å²) in [7, 11) is 0. The van der Waals surface area contributed by atoms with Crippen molar-refractivity contribution in [3.63, 3.8) is 0 Å². The second kappa shape index (κ2) is 4.76. The van der Waals surface area contributed by atoms with Crippen LogP contribution in [-0.4, -0.2) is 10.8 Å². The normalized spacial score (nSPS) is 10.9. The van der Waals surface area contributed by atoms with Gasteiger partial charge in [-0.15, -0.1) is 0 Å². The van der Waals surface area contributed by atoms with Gasteiger partial charge in [-0.25, -0.2) is 4.79 Å². The van der Waals surface area contributed by atoms with E-state index in [9.17, 15) is 9.59 Å². The van der Waals surface area contributed by atoms with E-state index in [1.54, 1.807) is 30.3 Å². The van der Waals surface area contributed by atoms with Gasteiger partial charge in [0.05, 0.1) is 5.52 Å². The van der Waals surface area contributed by atoms with Crippen molar-refractivity contribution in [2.75, 3.05) is 0 Å². The molecule has 0 saturated carbocycles. The molecule has 5 heteroatoms. The van der Waals surface area contributed by atoms with E-state index in [1.165, 1.54) is 0 Å². The van der Waals surface area contributed by atoms with Gasteiger partial charge in [0.2, 0.25) is 0 Å². The van der Waals surface area contributed by atoms with Gasteiger partial charge in [0.1, 0.15) is 0 Å². The third kappa shape index (κ3) is 2.20. The topological polar surface area (TPSA) is 63.1 Å². The molecule has 1 heterocycles. The molecule has 3 rings (SSSR count). The number of oxazole rings is 1. The summed E-state index contributed by atoms with van der Waals surface area (Å²) in [5, 5.41) is 0. The summed E-state index contributed by atoms with van der Waals surface area (Å²) in [6.45, 7) is 1.96. The molecule has 1 aromatic heterocycles. The molecule has 0 radical (unpaired) electrons. The maximum absolute atomic E-state index is 12.4. The van der Waals surface area contributed by atoms with Crippen LogP contribution < -0.4 is 5.76 Å². The van der Waals surface area contributed by atoms with Crippen LogP contribution in [0.2, 0.25) is 0 Å². The number of hydrogen-bond donors (Lipinski definition) is 1. The molecule has 100 valence electrons. The zero-order chi connectivity index (χ0) is 14.3. The van der Waals surface area contributed by atoms with E-state index in [4.69, 9.17) is 4.42 Å². The Morgan fingerprint density at radius 3 is 2.60 bits per heavy atom. The Kier molecular flexibility index (Phi) is 3.06. The molecule has 0 aliphatic rings. The van der Waals surface area contributed by atoms with Gasteiger partial charge in [0.15, 0.2) is 11.4 Å². The number of aromatic amines is 1. The Hall–Kier alpha value is -2.14. The number of carbonyl (C=O) groups excluding carboxylic acids is 1. The number of fused-ring (bicyclic) bond motifs is 1. The van der Waals surface area contributed by atoms with Crippen LogP contribution in [0.4, 0.5) is 0 Å². The molecule has 0 atom stereocenters. The van der Waals surface area contributed by atoms with Gasteiger partial charge in [-0.2, -0.15) is 0 Å². The van der Waals surface area contributed by atoms with E-state index in [1.807, 2.05) is 13.0 Å². The number of aryl methyl sites for hydroxylation is 1. The Balaban J connectivity index is 2.07. The number of rotatable bonds is 2. The number of hydrogen-bond acceptors (Lipinski definition) is 3. The summed E-state index contributed by atoms with van der Waals surface area (Å²) in [6, 6.07) is 10.4. The highest BCUT2D eigenvalue weighted by Gasteiger charge is 2.12. The van der Waals surface area contributed by atoms with Crippen molar-refractivity contribution in [2.24, 2.45) is 0 Å². The lowest BCUT2D eigenvalue weighted by Crippen LogP contribution is -2.01. The molecular formula is C15H10BrNO3.